The maximum absolute atomic E-state index is 11.0. The molecular formula is C7H15N3O2. The topological polar surface area (TPSA) is 78.6 Å². The van der Waals surface area contributed by atoms with Gasteiger partial charge >= 0.3 is 6.03 Å². The van der Waals surface area contributed by atoms with E-state index in [1.165, 1.54) is 0 Å². The lowest BCUT2D eigenvalue weighted by atomic mass is 10.2. The first-order valence-electron chi connectivity index (χ1n) is 4.17. The molecule has 1 heterocycles. The predicted molar refractivity (Wildman–Crippen MR) is 44.1 cm³/mol. The van der Waals surface area contributed by atoms with Crippen molar-refractivity contribution in [2.75, 3.05) is 13.1 Å². The highest BCUT2D eigenvalue weighted by atomic mass is 16.3. The average molecular weight is 173 g/mol. The number of likely N-dealkylation sites (tertiary alicyclic amines) is 1. The molecule has 0 bridgehead atoms. The van der Waals surface area contributed by atoms with Gasteiger partial charge in [0.25, 0.3) is 0 Å². The number of aliphatic hydroxyl groups excluding tert-OH is 1. The Labute approximate surface area is 71.5 Å². The number of nitrogens with zero attached hydrogens (tertiary/aromatic N) is 1. The highest BCUT2D eigenvalue weighted by Gasteiger charge is 2.17. The van der Waals surface area contributed by atoms with Gasteiger partial charge in [-0.2, -0.15) is 0 Å². The largest absolute Gasteiger partial charge is 0.393 e. The lowest BCUT2D eigenvalue weighted by Crippen LogP contribution is -2.43. The van der Waals surface area contributed by atoms with Crippen molar-refractivity contribution in [3.63, 3.8) is 0 Å². The first-order valence-corrected chi connectivity index (χ1v) is 4.17. The van der Waals surface area contributed by atoms with Crippen molar-refractivity contribution in [1.82, 2.24) is 10.3 Å². The minimum atomic E-state index is -0.263. The number of amides is 2. The molecule has 0 aromatic rings. The maximum atomic E-state index is 11.0. The number of nitrogens with two attached hydrogens (primary N) is 1. The van der Waals surface area contributed by atoms with Crippen molar-refractivity contribution in [3.05, 3.63) is 0 Å². The van der Waals surface area contributed by atoms with Crippen LogP contribution in [0, 0.1) is 0 Å². The van der Waals surface area contributed by atoms with Crippen LogP contribution in [0.5, 0.6) is 0 Å². The van der Waals surface area contributed by atoms with Crippen LogP contribution in [-0.2, 0) is 0 Å². The Bertz CT molecular complexity index is 163. The van der Waals surface area contributed by atoms with E-state index in [2.05, 4.69) is 5.43 Å². The van der Waals surface area contributed by atoms with Gasteiger partial charge in [-0.15, -0.1) is 0 Å². The molecule has 0 radical (unpaired) electrons. The molecule has 5 nitrogen and oxygen atoms in total. The van der Waals surface area contributed by atoms with Crippen LogP contribution in [0.25, 0.3) is 0 Å². The van der Waals surface area contributed by atoms with Gasteiger partial charge in [0.2, 0.25) is 0 Å². The number of carbonyl (C=O) groups is 1. The van der Waals surface area contributed by atoms with E-state index >= 15 is 0 Å². The molecule has 1 unspecified atom stereocenters. The third kappa shape index (κ3) is 2.35. The Hall–Kier alpha value is -0.810. The number of nitrogens with one attached hydrogen (secondary N) is 1. The van der Waals surface area contributed by atoms with Crippen molar-refractivity contribution in [2.24, 2.45) is 5.84 Å². The Balaban J connectivity index is 2.40. The highest BCUT2D eigenvalue weighted by Crippen LogP contribution is 2.10. The third-order valence-corrected chi connectivity index (χ3v) is 2.11. The molecule has 70 valence electrons. The lowest BCUT2D eigenvalue weighted by Gasteiger charge is -2.18. The zero-order chi connectivity index (χ0) is 8.97. The molecular weight excluding hydrogens is 158 g/mol. The van der Waals surface area contributed by atoms with Crippen LogP contribution in [0.15, 0.2) is 0 Å². The van der Waals surface area contributed by atoms with Gasteiger partial charge in [0, 0.05) is 13.1 Å². The zero-order valence-electron chi connectivity index (χ0n) is 6.99. The van der Waals surface area contributed by atoms with Crippen molar-refractivity contribution in [2.45, 2.75) is 25.4 Å². The van der Waals surface area contributed by atoms with Gasteiger partial charge in [0.15, 0.2) is 0 Å². The molecule has 1 atom stereocenters. The van der Waals surface area contributed by atoms with Crippen LogP contribution in [0.4, 0.5) is 4.79 Å². The Morgan fingerprint density at radius 2 is 2.25 bits per heavy atom. The number of rotatable bonds is 0. The quantitative estimate of drug-likeness (QED) is 0.260. The molecule has 1 fully saturated rings. The fraction of sp³-hybridized carbons (Fsp3) is 0.857. The van der Waals surface area contributed by atoms with Crippen molar-refractivity contribution in [1.29, 1.82) is 0 Å². The molecule has 1 rings (SSSR count). The van der Waals surface area contributed by atoms with Gasteiger partial charge in [-0.3, -0.25) is 5.43 Å². The first kappa shape index (κ1) is 9.28. The normalized spacial score (nSPS) is 24.8. The molecule has 12 heavy (non-hydrogen) atoms. The van der Waals surface area contributed by atoms with E-state index in [9.17, 15) is 9.90 Å². The second-order valence-electron chi connectivity index (χ2n) is 3.02. The fourth-order valence-corrected chi connectivity index (χ4v) is 1.37. The van der Waals surface area contributed by atoms with E-state index in [4.69, 9.17) is 5.84 Å². The number of hydrogen-bond donors (Lipinski definition) is 3. The monoisotopic (exact) mass is 173 g/mol. The van der Waals surface area contributed by atoms with Crippen LogP contribution in [0.2, 0.25) is 0 Å². The molecule has 0 spiro atoms. The molecule has 0 aromatic carbocycles. The van der Waals surface area contributed by atoms with E-state index in [0.29, 0.717) is 19.5 Å². The van der Waals surface area contributed by atoms with Crippen LogP contribution in [-0.4, -0.2) is 35.2 Å². The van der Waals surface area contributed by atoms with E-state index in [-0.39, 0.29) is 12.1 Å². The van der Waals surface area contributed by atoms with Crippen LogP contribution < -0.4 is 11.3 Å². The van der Waals surface area contributed by atoms with Gasteiger partial charge in [0.05, 0.1) is 6.10 Å². The summed E-state index contributed by atoms with van der Waals surface area (Å²) in [4.78, 5) is 12.7. The van der Waals surface area contributed by atoms with Crippen molar-refractivity contribution in [3.8, 4) is 0 Å². The summed E-state index contributed by atoms with van der Waals surface area (Å²) in [5.74, 6) is 4.98. The first-order chi connectivity index (χ1) is 5.74. The van der Waals surface area contributed by atoms with Crippen LogP contribution in [0.3, 0.4) is 0 Å². The molecule has 2 amide bonds. The average Bonchev–Trinajstić information content (AvgIpc) is 2.29. The standard InChI is InChI=1S/C7H15N3O2/c8-9-7(12)10-4-1-2-6(11)3-5-10/h6,11H,1-5,8H2,(H,9,12). The Morgan fingerprint density at radius 1 is 1.50 bits per heavy atom. The summed E-state index contributed by atoms with van der Waals surface area (Å²) in [5, 5.41) is 9.27. The molecule has 0 saturated carbocycles. The van der Waals surface area contributed by atoms with E-state index < -0.39 is 0 Å². The minimum Gasteiger partial charge on any atom is -0.393 e. The smallest absolute Gasteiger partial charge is 0.331 e. The molecule has 1 aliphatic rings. The summed E-state index contributed by atoms with van der Waals surface area (Å²) in [7, 11) is 0. The SMILES string of the molecule is NNC(=O)N1CCCC(O)CC1. The second-order valence-corrected chi connectivity index (χ2v) is 3.02. The van der Waals surface area contributed by atoms with E-state index in [0.717, 1.165) is 12.8 Å². The Kier molecular flexibility index (Phi) is 3.31. The van der Waals surface area contributed by atoms with E-state index in [1.807, 2.05) is 0 Å². The van der Waals surface area contributed by atoms with Gasteiger partial charge in [0.1, 0.15) is 0 Å². The number of carbonyl (C=O) groups excluding carboxylic acids is 1. The van der Waals surface area contributed by atoms with Crippen molar-refractivity contribution >= 4 is 6.03 Å². The summed E-state index contributed by atoms with van der Waals surface area (Å²) in [6.45, 7) is 1.27. The zero-order valence-corrected chi connectivity index (χ0v) is 6.99. The molecule has 1 saturated heterocycles. The summed E-state index contributed by atoms with van der Waals surface area (Å²) >= 11 is 0. The summed E-state index contributed by atoms with van der Waals surface area (Å²) < 4.78 is 0. The minimum absolute atomic E-state index is 0.260. The molecule has 0 aromatic heterocycles. The number of aliphatic hydroxyl groups is 1. The second kappa shape index (κ2) is 4.27. The number of urea groups is 1. The highest BCUT2D eigenvalue weighted by molar-refractivity contribution is 5.73. The van der Waals surface area contributed by atoms with Gasteiger partial charge in [-0.25, -0.2) is 10.6 Å². The lowest BCUT2D eigenvalue weighted by molar-refractivity contribution is 0.155. The summed E-state index contributed by atoms with van der Waals surface area (Å²) in [6, 6.07) is -0.260. The maximum Gasteiger partial charge on any atom is 0.331 e. The van der Waals surface area contributed by atoms with Crippen LogP contribution >= 0.6 is 0 Å². The number of hydrazine groups is 1. The van der Waals surface area contributed by atoms with Gasteiger partial charge < -0.3 is 10.0 Å². The molecule has 1 aliphatic heterocycles. The van der Waals surface area contributed by atoms with Crippen LogP contribution in [0.1, 0.15) is 19.3 Å². The molecule has 5 heteroatoms. The summed E-state index contributed by atoms with van der Waals surface area (Å²) in [5.41, 5.74) is 2.08. The fourth-order valence-electron chi connectivity index (χ4n) is 1.37. The van der Waals surface area contributed by atoms with E-state index in [1.54, 1.807) is 4.90 Å². The van der Waals surface area contributed by atoms with Gasteiger partial charge in [-0.05, 0) is 19.3 Å². The Morgan fingerprint density at radius 3 is 2.92 bits per heavy atom. The van der Waals surface area contributed by atoms with Crippen molar-refractivity contribution < 1.29 is 9.90 Å². The summed E-state index contributed by atoms with van der Waals surface area (Å²) in [6.07, 6.45) is 2.00. The molecule has 0 aliphatic carbocycles. The van der Waals surface area contributed by atoms with Gasteiger partial charge in [-0.1, -0.05) is 0 Å². The molecule has 4 N–H and O–H groups in total. The predicted octanol–water partition coefficient (Wildman–Crippen LogP) is -0.584. The third-order valence-electron chi connectivity index (χ3n) is 2.11. The number of hydrogen-bond acceptors (Lipinski definition) is 3.